The normalized spacial score (nSPS) is 43.4. The molecule has 0 aromatic carbocycles. The predicted octanol–water partition coefficient (Wildman–Crippen LogP) is 3.60. The second-order valence-corrected chi connectivity index (χ2v) is 14.9. The summed E-state index contributed by atoms with van der Waals surface area (Å²) in [7, 11) is 0. The van der Waals surface area contributed by atoms with Crippen molar-refractivity contribution in [3.05, 3.63) is 58.7 Å². The van der Waals surface area contributed by atoms with Crippen LogP contribution in [0.1, 0.15) is 74.7 Å². The molecule has 0 radical (unpaired) electrons. The van der Waals surface area contributed by atoms with Crippen molar-refractivity contribution in [2.24, 2.45) is 23.7 Å². The van der Waals surface area contributed by atoms with Crippen molar-refractivity contribution < 1.29 is 53.7 Å². The van der Waals surface area contributed by atoms with Crippen molar-refractivity contribution in [1.29, 1.82) is 0 Å². The van der Waals surface area contributed by atoms with Gasteiger partial charge in [-0.25, -0.2) is 0 Å². The zero-order chi connectivity index (χ0) is 36.0. The molecule has 0 amide bonds. The third-order valence-electron chi connectivity index (χ3n) is 11.1. The summed E-state index contributed by atoms with van der Waals surface area (Å²) in [5.74, 6) is -5.28. The molecule has 11 nitrogen and oxygen atoms in total. The number of hydrogen-bond acceptors (Lipinski definition) is 11. The van der Waals surface area contributed by atoms with E-state index in [1.807, 2.05) is 52.8 Å². The van der Waals surface area contributed by atoms with E-state index >= 15 is 0 Å². The van der Waals surface area contributed by atoms with Gasteiger partial charge in [0.15, 0.2) is 0 Å². The molecule has 4 aliphatic heterocycles. The summed E-state index contributed by atoms with van der Waals surface area (Å²) >= 11 is 0. The van der Waals surface area contributed by atoms with Gasteiger partial charge in [-0.1, -0.05) is 64.2 Å². The fourth-order valence-corrected chi connectivity index (χ4v) is 7.80. The first kappa shape index (κ1) is 37.6. The third kappa shape index (κ3) is 7.00. The SMILES string of the molecule is C/C=C(\C)[C@H]1O[C@@]2(C[C@@H]3C[C@@H](CC=C(C)[C@H](O)[C@@H](C)C=CC=C4CO[C@@H]5[C@H](O)C(C)=C[C@@H](C(=O)O3)[C@]45O)O2)[C@H](O)[C@@H](OC(=O)C(C)C)[C@@H]1C. The topological polar surface area (TPSA) is 161 Å². The van der Waals surface area contributed by atoms with Crippen LogP contribution >= 0.6 is 0 Å². The maximum atomic E-state index is 14.2. The Morgan fingerprint density at radius 1 is 1.08 bits per heavy atom. The Hall–Kier alpha value is -2.64. The highest BCUT2D eigenvalue weighted by Crippen LogP contribution is 2.48. The smallest absolute Gasteiger partial charge is 0.316 e. The number of ether oxygens (including phenoxy) is 5. The zero-order valence-electron chi connectivity index (χ0n) is 29.9. The number of allylic oxidation sites excluding steroid dienone is 3. The van der Waals surface area contributed by atoms with Crippen molar-refractivity contribution in [3.63, 3.8) is 0 Å². The van der Waals surface area contributed by atoms with E-state index in [4.69, 9.17) is 23.7 Å². The van der Waals surface area contributed by atoms with Crippen molar-refractivity contribution in [1.82, 2.24) is 0 Å². The highest BCUT2D eigenvalue weighted by molar-refractivity contribution is 5.78. The van der Waals surface area contributed by atoms with Gasteiger partial charge in [0.05, 0.1) is 30.8 Å². The number of fused-ring (bicyclic) bond motifs is 2. The van der Waals surface area contributed by atoms with Gasteiger partial charge in [0.1, 0.15) is 42.0 Å². The molecule has 272 valence electrons. The first-order chi connectivity index (χ1) is 23.0. The fraction of sp³-hybridized carbons (Fsp3) is 0.684. The minimum absolute atomic E-state index is 0.00776. The van der Waals surface area contributed by atoms with E-state index in [1.165, 1.54) is 6.08 Å². The molecule has 3 fully saturated rings. The maximum absolute atomic E-state index is 14.2. The monoisotopic (exact) mass is 686 g/mol. The van der Waals surface area contributed by atoms with Crippen molar-refractivity contribution >= 4 is 11.9 Å². The molecule has 1 spiro atoms. The number of carbonyl (C=O) groups is 2. The Morgan fingerprint density at radius 2 is 1.80 bits per heavy atom. The number of esters is 2. The summed E-state index contributed by atoms with van der Waals surface area (Å²) < 4.78 is 31.4. The summed E-state index contributed by atoms with van der Waals surface area (Å²) in [5, 5.41) is 46.4. The van der Waals surface area contributed by atoms with E-state index in [0.717, 1.165) is 5.57 Å². The van der Waals surface area contributed by atoms with E-state index in [2.05, 4.69) is 0 Å². The van der Waals surface area contributed by atoms with Gasteiger partial charge in [-0.3, -0.25) is 9.59 Å². The summed E-state index contributed by atoms with van der Waals surface area (Å²) in [6, 6.07) is 0. The van der Waals surface area contributed by atoms with Gasteiger partial charge < -0.3 is 44.1 Å². The van der Waals surface area contributed by atoms with Crippen LogP contribution in [0.15, 0.2) is 58.7 Å². The van der Waals surface area contributed by atoms with Crippen molar-refractivity contribution in [2.75, 3.05) is 6.61 Å². The van der Waals surface area contributed by atoms with Crippen LogP contribution in [-0.4, -0.2) is 99.2 Å². The number of carbonyl (C=O) groups excluding carboxylic acids is 2. The van der Waals surface area contributed by atoms with Crippen molar-refractivity contribution in [2.45, 2.75) is 135 Å². The van der Waals surface area contributed by atoms with Crippen LogP contribution in [0, 0.1) is 23.7 Å². The maximum Gasteiger partial charge on any atom is 0.316 e. The minimum atomic E-state index is -1.89. The van der Waals surface area contributed by atoms with Gasteiger partial charge >= 0.3 is 11.9 Å². The quantitative estimate of drug-likeness (QED) is 0.254. The van der Waals surface area contributed by atoms with E-state index in [-0.39, 0.29) is 25.4 Å². The van der Waals surface area contributed by atoms with Crippen LogP contribution in [0.4, 0.5) is 0 Å². The molecule has 5 rings (SSSR count). The van der Waals surface area contributed by atoms with Crippen molar-refractivity contribution in [3.8, 4) is 0 Å². The molecule has 5 aliphatic rings. The number of hydrogen-bond donors (Lipinski definition) is 4. The van der Waals surface area contributed by atoms with Gasteiger partial charge in [0, 0.05) is 24.7 Å². The zero-order valence-corrected chi connectivity index (χ0v) is 29.9. The molecule has 2 bridgehead atoms. The standard InChI is InChI=1S/C38H54O11/c1-9-20(4)31-24(8)32(47-35(42)19(2)3)33(41)37(49-31)17-27-16-26(48-37)14-13-22(6)29(39)21(5)11-10-12-25-18-45-34-30(40)23(7)15-28(36(43)46-27)38(25,34)44/h9-13,15,19,21,24,26-34,39-41,44H,14,16-18H2,1-8H3/b11-10?,20-9+,22-13?,25-12?/t21-,24+,26+,27-,28-,29+,30+,31+,32-,33+,34+,37-,38+/m0/s1. The molecule has 4 N–H and O–H groups in total. The summed E-state index contributed by atoms with van der Waals surface area (Å²) in [6.07, 6.45) is 3.46. The number of aliphatic hydroxyl groups excluding tert-OH is 3. The highest BCUT2D eigenvalue weighted by atomic mass is 16.7. The minimum Gasteiger partial charge on any atom is -0.462 e. The highest BCUT2D eigenvalue weighted by Gasteiger charge is 2.62. The average Bonchev–Trinajstić information content (AvgIpc) is 3.40. The largest absolute Gasteiger partial charge is 0.462 e. The lowest BCUT2D eigenvalue weighted by molar-refractivity contribution is -0.380. The summed E-state index contributed by atoms with van der Waals surface area (Å²) in [6.45, 7) is 14.4. The number of aliphatic hydroxyl groups is 4. The molecule has 11 heteroatoms. The van der Waals surface area contributed by atoms with Crippen LogP contribution in [0.3, 0.4) is 0 Å². The molecule has 1 aliphatic carbocycles. The third-order valence-corrected chi connectivity index (χ3v) is 11.1. The Balaban J connectivity index is 1.59. The van der Waals surface area contributed by atoms with E-state index < -0.39 is 89.9 Å². The first-order valence-corrected chi connectivity index (χ1v) is 17.5. The average molecular weight is 687 g/mol. The predicted molar refractivity (Wildman–Crippen MR) is 180 cm³/mol. The molecule has 0 aromatic rings. The summed E-state index contributed by atoms with van der Waals surface area (Å²) in [5.41, 5.74) is 0.547. The van der Waals surface area contributed by atoms with Gasteiger partial charge in [-0.15, -0.1) is 0 Å². The Labute approximate surface area is 289 Å². The molecular weight excluding hydrogens is 632 g/mol. The molecule has 0 aromatic heterocycles. The van der Waals surface area contributed by atoms with E-state index in [1.54, 1.807) is 32.9 Å². The molecule has 0 unspecified atom stereocenters. The lowest BCUT2D eigenvalue weighted by atomic mass is 9.71. The first-order valence-electron chi connectivity index (χ1n) is 17.5. The lowest BCUT2D eigenvalue weighted by Gasteiger charge is -2.54. The van der Waals surface area contributed by atoms with Gasteiger partial charge in [0.2, 0.25) is 5.79 Å². The van der Waals surface area contributed by atoms with E-state index in [9.17, 15) is 30.0 Å². The Morgan fingerprint density at radius 3 is 2.47 bits per heavy atom. The summed E-state index contributed by atoms with van der Waals surface area (Å²) in [4.78, 5) is 27.1. The number of rotatable bonds is 3. The lowest BCUT2D eigenvalue weighted by Crippen LogP contribution is -2.67. The Kier molecular flexibility index (Phi) is 11.2. The molecular formula is C38H54O11. The molecule has 13 atom stereocenters. The van der Waals surface area contributed by atoms with Crippen LogP contribution < -0.4 is 0 Å². The molecule has 0 saturated carbocycles. The van der Waals surface area contributed by atoms with Crippen LogP contribution in [-0.2, 0) is 33.3 Å². The van der Waals surface area contributed by atoms with Gasteiger partial charge in [-0.05, 0) is 56.4 Å². The van der Waals surface area contributed by atoms with Crippen LogP contribution in [0.25, 0.3) is 0 Å². The second kappa shape index (κ2) is 14.5. The molecule has 3 saturated heterocycles. The second-order valence-electron chi connectivity index (χ2n) is 14.9. The van der Waals surface area contributed by atoms with Crippen LogP contribution in [0.5, 0.6) is 0 Å². The molecule has 4 heterocycles. The van der Waals surface area contributed by atoms with Gasteiger partial charge in [-0.2, -0.15) is 0 Å². The fourth-order valence-electron chi connectivity index (χ4n) is 7.80. The van der Waals surface area contributed by atoms with E-state index in [0.29, 0.717) is 23.1 Å². The van der Waals surface area contributed by atoms with Crippen LogP contribution in [0.2, 0.25) is 0 Å². The Bertz CT molecular complexity index is 1430. The van der Waals surface area contributed by atoms with Gasteiger partial charge in [0.25, 0.3) is 0 Å². The molecule has 49 heavy (non-hydrogen) atoms.